The quantitative estimate of drug-likeness (QED) is 0.231. The number of nitrogens with one attached hydrogen (secondary N) is 1. The Morgan fingerprint density at radius 2 is 1.67 bits per heavy atom. The molecule has 1 fully saturated rings. The summed E-state index contributed by atoms with van der Waals surface area (Å²) in [4.78, 5) is 19.0. The van der Waals surface area contributed by atoms with E-state index in [9.17, 15) is 8.42 Å². The molecule has 1 aliphatic heterocycles. The molecular formula is C36H43N5O4S. The number of rotatable bonds is 6. The van der Waals surface area contributed by atoms with Gasteiger partial charge < -0.3 is 9.47 Å². The second kappa shape index (κ2) is 13.0. The van der Waals surface area contributed by atoms with Gasteiger partial charge in [-0.05, 0) is 87.6 Å². The van der Waals surface area contributed by atoms with E-state index in [1.807, 2.05) is 64.1 Å². The largest absolute Gasteiger partial charge is 0.488 e. The van der Waals surface area contributed by atoms with E-state index < -0.39 is 10.0 Å². The lowest BCUT2D eigenvalue weighted by atomic mass is 9.62. The molecule has 0 saturated heterocycles. The van der Waals surface area contributed by atoms with Gasteiger partial charge in [-0.2, -0.15) is 4.98 Å². The van der Waals surface area contributed by atoms with Crippen LogP contribution in [0.4, 0.5) is 5.95 Å². The molecule has 9 nitrogen and oxygen atoms in total. The zero-order valence-corrected chi connectivity index (χ0v) is 28.2. The minimum Gasteiger partial charge on any atom is -0.488 e. The van der Waals surface area contributed by atoms with E-state index in [1.165, 1.54) is 0 Å². The van der Waals surface area contributed by atoms with E-state index >= 15 is 0 Å². The van der Waals surface area contributed by atoms with Crippen molar-refractivity contribution in [2.45, 2.75) is 83.6 Å². The van der Waals surface area contributed by atoms with Crippen LogP contribution >= 0.6 is 0 Å². The standard InChI is InChI=1S/C36H43N5O4S/c1-21(2)15-25-13-14-29(35-37-18-27(19-38-35)45-22(3)4)34-26-11-8-12-28(16-26)46(42,43)41-36-39-31(17-32(40-36)44-20-30(25)34)33-23(5)9-7-10-24(33)6/h7-12,16-19,21-22,25,29-30,34H,13-15,20H2,1-6H3,(H,39,40,41)/t25?,29-,30+,34?/m0/s1. The van der Waals surface area contributed by atoms with Gasteiger partial charge in [0, 0.05) is 29.4 Å². The molecule has 4 atom stereocenters. The lowest BCUT2D eigenvalue weighted by Crippen LogP contribution is -2.37. The Kier molecular flexibility index (Phi) is 9.01. The normalized spacial score (nSPS) is 22.2. The topological polar surface area (TPSA) is 116 Å². The number of anilines is 1. The summed E-state index contributed by atoms with van der Waals surface area (Å²) < 4.78 is 42.7. The van der Waals surface area contributed by atoms with Crippen LogP contribution in [0, 0.1) is 31.6 Å². The number of hydrogen-bond donors (Lipinski definition) is 1. The van der Waals surface area contributed by atoms with Crippen molar-refractivity contribution in [3.05, 3.63) is 83.4 Å². The molecule has 0 amide bonds. The van der Waals surface area contributed by atoms with Crippen LogP contribution in [0.15, 0.2) is 65.8 Å². The molecule has 6 rings (SSSR count). The van der Waals surface area contributed by atoms with Gasteiger partial charge >= 0.3 is 0 Å². The molecule has 2 aliphatic rings. The van der Waals surface area contributed by atoms with Gasteiger partial charge in [-0.1, -0.05) is 44.2 Å². The molecule has 4 aromatic rings. The third kappa shape index (κ3) is 6.72. The Bertz CT molecular complexity index is 1790. The highest BCUT2D eigenvalue weighted by Crippen LogP contribution is 2.51. The molecule has 1 N–H and O–H groups in total. The van der Waals surface area contributed by atoms with Gasteiger partial charge in [0.05, 0.1) is 35.7 Å². The van der Waals surface area contributed by atoms with Gasteiger partial charge in [0.1, 0.15) is 5.82 Å². The van der Waals surface area contributed by atoms with E-state index in [0.29, 0.717) is 35.8 Å². The van der Waals surface area contributed by atoms with E-state index in [1.54, 1.807) is 24.5 Å². The Labute approximate surface area is 272 Å². The Morgan fingerprint density at radius 3 is 2.37 bits per heavy atom. The lowest BCUT2D eigenvalue weighted by molar-refractivity contribution is 0.0947. The first-order chi connectivity index (χ1) is 22.0. The van der Waals surface area contributed by atoms with Crippen LogP contribution in [0.3, 0.4) is 0 Å². The number of sulfonamides is 1. The maximum absolute atomic E-state index is 13.8. The molecule has 46 heavy (non-hydrogen) atoms. The van der Waals surface area contributed by atoms with Crippen molar-refractivity contribution >= 4 is 16.0 Å². The summed E-state index contributed by atoms with van der Waals surface area (Å²) in [5.74, 6) is 2.46. The highest BCUT2D eigenvalue weighted by atomic mass is 32.2. The van der Waals surface area contributed by atoms with Crippen LogP contribution in [-0.4, -0.2) is 41.1 Å². The van der Waals surface area contributed by atoms with E-state index in [-0.39, 0.29) is 34.7 Å². The number of hydrogen-bond acceptors (Lipinski definition) is 8. The average Bonchev–Trinajstić information content (AvgIpc) is 2.99. The van der Waals surface area contributed by atoms with Gasteiger partial charge in [0.25, 0.3) is 10.0 Å². The SMILES string of the molecule is Cc1cccc(C)c1-c1cc2nc(n1)NS(=O)(=O)c1cccc(c1)C1[C@H](CO2)C(CC(C)C)CC[C@@H]1c1ncc(OC(C)C)cn1. The average molecular weight is 642 g/mol. The predicted octanol–water partition coefficient (Wildman–Crippen LogP) is 7.47. The fraction of sp³-hybridized carbons (Fsp3) is 0.444. The summed E-state index contributed by atoms with van der Waals surface area (Å²) in [6.07, 6.45) is 6.40. The van der Waals surface area contributed by atoms with E-state index in [0.717, 1.165) is 47.3 Å². The number of benzene rings is 2. The van der Waals surface area contributed by atoms with Gasteiger partial charge in [0.2, 0.25) is 11.8 Å². The van der Waals surface area contributed by atoms with Crippen molar-refractivity contribution < 1.29 is 17.9 Å². The van der Waals surface area contributed by atoms with Gasteiger partial charge in [0.15, 0.2) is 5.75 Å². The summed E-state index contributed by atoms with van der Waals surface area (Å²) in [7, 11) is -4.01. The second-order valence-corrected chi connectivity index (χ2v) is 15.1. The van der Waals surface area contributed by atoms with Crippen LogP contribution in [0.2, 0.25) is 0 Å². The van der Waals surface area contributed by atoms with Crippen LogP contribution < -0.4 is 14.2 Å². The van der Waals surface area contributed by atoms with Crippen molar-refractivity contribution in [1.29, 1.82) is 0 Å². The van der Waals surface area contributed by atoms with Crippen LogP contribution in [-0.2, 0) is 10.0 Å². The molecule has 0 radical (unpaired) electrons. The van der Waals surface area contributed by atoms with Crippen molar-refractivity contribution in [2.75, 3.05) is 11.3 Å². The fourth-order valence-electron chi connectivity index (χ4n) is 7.28. The first-order valence-electron chi connectivity index (χ1n) is 16.2. The minimum atomic E-state index is -4.01. The van der Waals surface area contributed by atoms with Crippen molar-refractivity contribution in [3.63, 3.8) is 0 Å². The molecule has 3 heterocycles. The number of aromatic nitrogens is 4. The summed E-state index contributed by atoms with van der Waals surface area (Å²) in [5.41, 5.74) is 4.54. The maximum Gasteiger partial charge on any atom is 0.264 e. The van der Waals surface area contributed by atoms with Gasteiger partial charge in [-0.3, -0.25) is 0 Å². The number of ether oxygens (including phenoxy) is 2. The highest BCUT2D eigenvalue weighted by Gasteiger charge is 2.43. The zero-order valence-electron chi connectivity index (χ0n) is 27.4. The molecule has 10 heteroatoms. The van der Waals surface area contributed by atoms with Gasteiger partial charge in [-0.25, -0.2) is 28.1 Å². The van der Waals surface area contributed by atoms with Crippen LogP contribution in [0.25, 0.3) is 11.3 Å². The number of aryl methyl sites for hydroxylation is 2. The first kappa shape index (κ1) is 31.9. The van der Waals surface area contributed by atoms with E-state index in [4.69, 9.17) is 19.4 Å². The third-order valence-electron chi connectivity index (χ3n) is 9.12. The molecule has 1 saturated carbocycles. The first-order valence-corrected chi connectivity index (χ1v) is 17.7. The smallest absolute Gasteiger partial charge is 0.264 e. The van der Waals surface area contributed by atoms with Crippen LogP contribution in [0.5, 0.6) is 11.6 Å². The summed E-state index contributed by atoms with van der Waals surface area (Å²) in [5, 5.41) is 0. The Hall–Kier alpha value is -4.05. The third-order valence-corrected chi connectivity index (χ3v) is 10.4. The zero-order chi connectivity index (χ0) is 32.6. The molecule has 2 aromatic heterocycles. The lowest BCUT2D eigenvalue weighted by Gasteiger charge is -2.43. The van der Waals surface area contributed by atoms with Crippen LogP contribution in [0.1, 0.15) is 81.3 Å². The van der Waals surface area contributed by atoms with Gasteiger partial charge in [-0.15, -0.1) is 0 Å². The number of fused-ring (bicyclic) bond motifs is 6. The van der Waals surface area contributed by atoms with Crippen molar-refractivity contribution in [2.24, 2.45) is 17.8 Å². The molecule has 242 valence electrons. The number of nitrogens with zero attached hydrogens (tertiary/aromatic N) is 4. The maximum atomic E-state index is 13.8. The van der Waals surface area contributed by atoms with Crippen molar-refractivity contribution in [1.82, 2.24) is 19.9 Å². The summed E-state index contributed by atoms with van der Waals surface area (Å²) >= 11 is 0. The molecule has 1 aliphatic carbocycles. The Balaban J connectivity index is 1.49. The molecule has 4 bridgehead atoms. The highest BCUT2D eigenvalue weighted by molar-refractivity contribution is 7.92. The monoisotopic (exact) mass is 641 g/mol. The predicted molar refractivity (Wildman–Crippen MR) is 179 cm³/mol. The van der Waals surface area contributed by atoms with Crippen molar-refractivity contribution in [3.8, 4) is 22.9 Å². The summed E-state index contributed by atoms with van der Waals surface area (Å²) in [6, 6.07) is 15.1. The Morgan fingerprint density at radius 1 is 0.957 bits per heavy atom. The van der Waals surface area contributed by atoms with E-state index in [2.05, 4.69) is 28.5 Å². The molecule has 0 spiro atoms. The summed E-state index contributed by atoms with van der Waals surface area (Å²) in [6.45, 7) is 12.9. The molecule has 2 aromatic carbocycles. The second-order valence-electron chi connectivity index (χ2n) is 13.4. The molecular weight excluding hydrogens is 598 g/mol. The fourth-order valence-corrected chi connectivity index (χ4v) is 8.28. The minimum absolute atomic E-state index is 0.0182. The molecule has 2 unspecified atom stereocenters.